The number of nitrogens with one attached hydrogen (secondary N) is 1. The number of fused-ring (bicyclic) bond motifs is 2. The van der Waals surface area contributed by atoms with Crippen molar-refractivity contribution in [3.8, 4) is 18.2 Å². The topological polar surface area (TPSA) is 114 Å². The lowest BCUT2D eigenvalue weighted by Gasteiger charge is -2.49. The molecule has 2 aliphatic rings. The predicted octanol–water partition coefficient (Wildman–Crippen LogP) is 4.66. The molecule has 0 aliphatic carbocycles. The molecular formula is C18H17BrN4O2S. The SMILES string of the molecule is CCCC12OC(=N)C(C#N)(C1CC)C(C#N)(C#N)C(c1ccc(Br)s1)O2. The van der Waals surface area contributed by atoms with E-state index in [1.807, 2.05) is 19.9 Å². The number of ether oxygens (including phenoxy) is 2. The van der Waals surface area contributed by atoms with E-state index in [2.05, 4.69) is 34.1 Å². The van der Waals surface area contributed by atoms with Crippen LogP contribution in [0.15, 0.2) is 15.9 Å². The van der Waals surface area contributed by atoms with Gasteiger partial charge in [-0.3, -0.25) is 5.41 Å². The second-order valence-electron chi connectivity index (χ2n) is 6.55. The molecule has 1 aromatic heterocycles. The van der Waals surface area contributed by atoms with Crippen LogP contribution in [-0.2, 0) is 9.47 Å². The summed E-state index contributed by atoms with van der Waals surface area (Å²) in [6.07, 6.45) is 0.693. The first-order valence-electron chi connectivity index (χ1n) is 8.36. The van der Waals surface area contributed by atoms with Gasteiger partial charge >= 0.3 is 0 Å². The van der Waals surface area contributed by atoms with Crippen LogP contribution in [0.3, 0.4) is 0 Å². The summed E-state index contributed by atoms with van der Waals surface area (Å²) in [7, 11) is 0. The van der Waals surface area contributed by atoms with Crippen molar-refractivity contribution in [2.75, 3.05) is 0 Å². The zero-order chi connectivity index (χ0) is 19.2. The van der Waals surface area contributed by atoms with Gasteiger partial charge < -0.3 is 9.47 Å². The van der Waals surface area contributed by atoms with Crippen LogP contribution in [-0.4, -0.2) is 11.7 Å². The summed E-state index contributed by atoms with van der Waals surface area (Å²) in [4.78, 5) is 0.660. The average Bonchev–Trinajstić information content (AvgIpc) is 3.13. The maximum atomic E-state index is 10.2. The average molecular weight is 433 g/mol. The zero-order valence-electron chi connectivity index (χ0n) is 14.4. The lowest BCUT2D eigenvalue weighted by atomic mass is 9.53. The molecule has 0 amide bonds. The van der Waals surface area contributed by atoms with E-state index in [1.54, 1.807) is 6.07 Å². The molecule has 3 rings (SSSR count). The fourth-order valence-electron chi connectivity index (χ4n) is 4.39. The second kappa shape index (κ2) is 6.35. The van der Waals surface area contributed by atoms with Gasteiger partial charge in [-0.05, 0) is 40.9 Å². The molecule has 3 heterocycles. The van der Waals surface area contributed by atoms with E-state index in [9.17, 15) is 15.8 Å². The summed E-state index contributed by atoms with van der Waals surface area (Å²) in [5, 5.41) is 38.8. The van der Waals surface area contributed by atoms with E-state index in [0.717, 1.165) is 10.2 Å². The summed E-state index contributed by atoms with van der Waals surface area (Å²) in [5.74, 6) is -2.07. The molecule has 4 atom stereocenters. The van der Waals surface area contributed by atoms with E-state index in [-0.39, 0.29) is 5.90 Å². The Hall–Kier alpha value is -1.92. The highest BCUT2D eigenvalue weighted by molar-refractivity contribution is 9.11. The van der Waals surface area contributed by atoms with Crippen molar-refractivity contribution in [1.29, 1.82) is 21.2 Å². The van der Waals surface area contributed by atoms with E-state index in [0.29, 0.717) is 17.7 Å². The minimum Gasteiger partial charge on any atom is -0.447 e. The standard InChI is InChI=1S/C18H17BrN4O2S/c1-3-7-18-12(4-2)17(10-22,15(23)25-18)16(8-20,9-21)14(24-18)11-5-6-13(19)26-11/h5-6,12,14,23H,3-4,7H2,1-2H3. The molecular weight excluding hydrogens is 416 g/mol. The van der Waals surface area contributed by atoms with Crippen LogP contribution >= 0.6 is 27.3 Å². The quantitative estimate of drug-likeness (QED) is 0.742. The Kier molecular flexibility index (Phi) is 4.61. The van der Waals surface area contributed by atoms with E-state index >= 15 is 0 Å². The third-order valence-electron chi connectivity index (χ3n) is 5.41. The van der Waals surface area contributed by atoms with Gasteiger partial charge in [0, 0.05) is 11.3 Å². The predicted molar refractivity (Wildman–Crippen MR) is 97.8 cm³/mol. The number of hydrogen-bond donors (Lipinski definition) is 1. The van der Waals surface area contributed by atoms with Crippen LogP contribution in [0, 0.1) is 56.2 Å². The summed E-state index contributed by atoms with van der Waals surface area (Å²) in [6.45, 7) is 3.84. The molecule has 1 N–H and O–H groups in total. The minimum absolute atomic E-state index is 0.332. The molecule has 0 spiro atoms. The van der Waals surface area contributed by atoms with Gasteiger partial charge in [-0.2, -0.15) is 15.8 Å². The molecule has 2 aliphatic heterocycles. The van der Waals surface area contributed by atoms with Crippen LogP contribution in [0.1, 0.15) is 44.1 Å². The van der Waals surface area contributed by atoms with Gasteiger partial charge in [0.05, 0.1) is 27.9 Å². The lowest BCUT2D eigenvalue weighted by Crippen LogP contribution is -2.59. The van der Waals surface area contributed by atoms with E-state index in [4.69, 9.17) is 14.9 Å². The number of thiophene rings is 1. The Labute approximate surface area is 164 Å². The van der Waals surface area contributed by atoms with Crippen LogP contribution < -0.4 is 0 Å². The van der Waals surface area contributed by atoms with Crippen molar-refractivity contribution in [1.82, 2.24) is 0 Å². The van der Waals surface area contributed by atoms with Gasteiger partial charge in [-0.25, -0.2) is 0 Å². The van der Waals surface area contributed by atoms with Gasteiger partial charge in [0.1, 0.15) is 6.10 Å². The van der Waals surface area contributed by atoms with Crippen molar-refractivity contribution >= 4 is 33.2 Å². The summed E-state index contributed by atoms with van der Waals surface area (Å²) in [5.41, 5.74) is -3.53. The molecule has 2 bridgehead atoms. The Morgan fingerprint density at radius 1 is 1.23 bits per heavy atom. The molecule has 6 nitrogen and oxygen atoms in total. The molecule has 0 aromatic carbocycles. The fraction of sp³-hybridized carbons (Fsp3) is 0.556. The fourth-order valence-corrected chi connectivity index (χ4v) is 5.92. The van der Waals surface area contributed by atoms with Crippen molar-refractivity contribution in [2.45, 2.75) is 45.0 Å². The molecule has 26 heavy (non-hydrogen) atoms. The largest absolute Gasteiger partial charge is 0.447 e. The van der Waals surface area contributed by atoms with Crippen molar-refractivity contribution < 1.29 is 9.47 Å². The van der Waals surface area contributed by atoms with Gasteiger partial charge in [0.2, 0.25) is 17.1 Å². The Morgan fingerprint density at radius 2 is 1.92 bits per heavy atom. The monoisotopic (exact) mass is 432 g/mol. The van der Waals surface area contributed by atoms with E-state index < -0.39 is 28.6 Å². The second-order valence-corrected chi connectivity index (χ2v) is 9.04. The number of nitriles is 3. The lowest BCUT2D eigenvalue weighted by molar-refractivity contribution is -0.285. The highest BCUT2D eigenvalue weighted by Crippen LogP contribution is 2.68. The maximum Gasteiger partial charge on any atom is 0.217 e. The third kappa shape index (κ3) is 2.06. The molecule has 8 heteroatoms. The van der Waals surface area contributed by atoms with Gasteiger partial charge in [-0.15, -0.1) is 11.3 Å². The van der Waals surface area contributed by atoms with Crippen molar-refractivity contribution in [2.24, 2.45) is 16.7 Å². The molecule has 1 aromatic rings. The van der Waals surface area contributed by atoms with Crippen molar-refractivity contribution in [3.05, 3.63) is 20.8 Å². The first-order chi connectivity index (χ1) is 12.4. The molecule has 0 saturated carbocycles. The summed E-state index contributed by atoms with van der Waals surface area (Å²) in [6, 6.07) is 9.88. The maximum absolute atomic E-state index is 10.2. The highest BCUT2D eigenvalue weighted by atomic mass is 79.9. The number of rotatable bonds is 4. The summed E-state index contributed by atoms with van der Waals surface area (Å²) < 4.78 is 13.0. The molecule has 2 fully saturated rings. The van der Waals surface area contributed by atoms with Gasteiger partial charge in [-0.1, -0.05) is 13.8 Å². The Bertz CT molecular complexity index is 865. The number of hydrogen-bond acceptors (Lipinski definition) is 7. The van der Waals surface area contributed by atoms with Crippen LogP contribution in [0.4, 0.5) is 0 Å². The van der Waals surface area contributed by atoms with E-state index in [1.165, 1.54) is 11.3 Å². The summed E-state index contributed by atoms with van der Waals surface area (Å²) >= 11 is 4.75. The number of halogens is 1. The Morgan fingerprint density at radius 3 is 2.38 bits per heavy atom. The number of nitrogens with zero attached hydrogens (tertiary/aromatic N) is 3. The van der Waals surface area contributed by atoms with Crippen LogP contribution in [0.5, 0.6) is 0 Å². The molecule has 2 saturated heterocycles. The van der Waals surface area contributed by atoms with Crippen LogP contribution in [0.2, 0.25) is 0 Å². The molecule has 0 radical (unpaired) electrons. The normalized spacial score (nSPS) is 34.4. The first kappa shape index (κ1) is 18.9. The first-order valence-corrected chi connectivity index (χ1v) is 9.97. The van der Waals surface area contributed by atoms with Crippen molar-refractivity contribution in [3.63, 3.8) is 0 Å². The Balaban J connectivity index is 2.33. The van der Waals surface area contributed by atoms with Gasteiger partial charge in [0.25, 0.3) is 0 Å². The smallest absolute Gasteiger partial charge is 0.217 e. The molecule has 4 unspecified atom stereocenters. The minimum atomic E-state index is -1.86. The van der Waals surface area contributed by atoms with Gasteiger partial charge in [0.15, 0.2) is 5.41 Å². The zero-order valence-corrected chi connectivity index (χ0v) is 16.8. The molecule has 134 valence electrons. The van der Waals surface area contributed by atoms with Crippen LogP contribution in [0.25, 0.3) is 0 Å². The highest BCUT2D eigenvalue weighted by Gasteiger charge is 2.79. The third-order valence-corrected chi connectivity index (χ3v) is 7.07.